The van der Waals surface area contributed by atoms with Gasteiger partial charge in [-0.2, -0.15) is 5.26 Å². The Bertz CT molecular complexity index is 506. The zero-order chi connectivity index (χ0) is 9.97. The maximum absolute atomic E-state index is 8.81. The van der Waals surface area contributed by atoms with E-state index in [0.717, 1.165) is 12.0 Å². The van der Waals surface area contributed by atoms with E-state index in [1.54, 1.807) is 0 Å². The van der Waals surface area contributed by atoms with Crippen molar-refractivity contribution in [1.82, 2.24) is 0 Å². The molecule has 2 aromatic rings. The third-order valence-corrected chi connectivity index (χ3v) is 2.48. The largest absolute Gasteiger partial charge is 0.192 e. The van der Waals surface area contributed by atoms with Crippen LogP contribution in [0.15, 0.2) is 36.4 Å². The third-order valence-electron chi connectivity index (χ3n) is 2.48. The van der Waals surface area contributed by atoms with Crippen LogP contribution < -0.4 is 0 Å². The van der Waals surface area contributed by atoms with E-state index in [0.29, 0.717) is 0 Å². The number of hydrogen-bond acceptors (Lipinski definition) is 1. The maximum atomic E-state index is 8.81. The van der Waals surface area contributed by atoms with Crippen LogP contribution in [0.1, 0.15) is 18.1 Å². The second-order valence-corrected chi connectivity index (χ2v) is 3.32. The van der Waals surface area contributed by atoms with Crippen molar-refractivity contribution >= 4 is 10.8 Å². The maximum Gasteiger partial charge on any atom is 0.0991 e. The van der Waals surface area contributed by atoms with Crippen molar-refractivity contribution in [3.63, 3.8) is 0 Å². The molecule has 0 N–H and O–H groups in total. The summed E-state index contributed by atoms with van der Waals surface area (Å²) in [5.74, 6) is 0. The van der Waals surface area contributed by atoms with Crippen LogP contribution in [0.2, 0.25) is 0 Å². The van der Waals surface area contributed by atoms with Crippen LogP contribution in [-0.2, 0) is 6.42 Å². The van der Waals surface area contributed by atoms with Crippen molar-refractivity contribution in [3.8, 4) is 6.07 Å². The molecule has 0 unspecified atom stereocenters. The number of rotatable bonds is 1. The first-order valence-corrected chi connectivity index (χ1v) is 4.77. The molecular weight excluding hydrogens is 170 g/mol. The summed E-state index contributed by atoms with van der Waals surface area (Å²) in [6, 6.07) is 14.3. The van der Waals surface area contributed by atoms with Gasteiger partial charge in [-0.1, -0.05) is 31.2 Å². The number of hydrogen-bond donors (Lipinski definition) is 0. The second-order valence-electron chi connectivity index (χ2n) is 3.32. The SMILES string of the molecule is CCc1cccc2ccc(C#N)cc12. The number of fused-ring (bicyclic) bond motifs is 1. The van der Waals surface area contributed by atoms with Gasteiger partial charge in [0.25, 0.3) is 0 Å². The Morgan fingerprint density at radius 1 is 1.21 bits per heavy atom. The Kier molecular flexibility index (Phi) is 2.20. The molecule has 14 heavy (non-hydrogen) atoms. The molecule has 0 saturated carbocycles. The minimum atomic E-state index is 0.735. The highest BCUT2D eigenvalue weighted by molar-refractivity contribution is 5.86. The summed E-state index contributed by atoms with van der Waals surface area (Å²) in [6.07, 6.45) is 1.01. The average molecular weight is 181 g/mol. The molecule has 0 radical (unpaired) electrons. The number of nitriles is 1. The lowest BCUT2D eigenvalue weighted by atomic mass is 10.0. The van der Waals surface area contributed by atoms with E-state index in [2.05, 4.69) is 31.2 Å². The van der Waals surface area contributed by atoms with Crippen LogP contribution in [0.5, 0.6) is 0 Å². The van der Waals surface area contributed by atoms with Crippen LogP contribution in [-0.4, -0.2) is 0 Å². The van der Waals surface area contributed by atoms with Gasteiger partial charge in [0, 0.05) is 0 Å². The first-order valence-electron chi connectivity index (χ1n) is 4.77. The molecule has 1 nitrogen and oxygen atoms in total. The molecule has 0 spiro atoms. The van der Waals surface area contributed by atoms with Gasteiger partial charge in [-0.25, -0.2) is 0 Å². The molecule has 0 heterocycles. The molecule has 2 rings (SSSR count). The number of aryl methyl sites for hydroxylation is 1. The summed E-state index contributed by atoms with van der Waals surface area (Å²) in [6.45, 7) is 2.13. The summed E-state index contributed by atoms with van der Waals surface area (Å²) in [7, 11) is 0. The van der Waals surface area contributed by atoms with Gasteiger partial charge in [0.15, 0.2) is 0 Å². The van der Waals surface area contributed by atoms with Gasteiger partial charge < -0.3 is 0 Å². The lowest BCUT2D eigenvalue weighted by molar-refractivity contribution is 1.16. The van der Waals surface area contributed by atoms with Crippen molar-refractivity contribution in [1.29, 1.82) is 5.26 Å². The molecule has 0 amide bonds. The first kappa shape index (κ1) is 8.77. The van der Waals surface area contributed by atoms with E-state index >= 15 is 0 Å². The van der Waals surface area contributed by atoms with E-state index in [1.165, 1.54) is 16.3 Å². The van der Waals surface area contributed by atoms with Crippen molar-refractivity contribution in [2.24, 2.45) is 0 Å². The van der Waals surface area contributed by atoms with E-state index < -0.39 is 0 Å². The van der Waals surface area contributed by atoms with E-state index in [1.807, 2.05) is 18.2 Å². The minimum Gasteiger partial charge on any atom is -0.192 e. The molecule has 0 fully saturated rings. The molecule has 0 bridgehead atoms. The Labute approximate surface area is 83.6 Å². The van der Waals surface area contributed by atoms with Gasteiger partial charge in [-0.05, 0) is 34.9 Å². The molecule has 0 saturated heterocycles. The summed E-state index contributed by atoms with van der Waals surface area (Å²) < 4.78 is 0. The normalized spacial score (nSPS) is 10.0. The van der Waals surface area contributed by atoms with E-state index in [-0.39, 0.29) is 0 Å². The Morgan fingerprint density at radius 2 is 2.07 bits per heavy atom. The zero-order valence-corrected chi connectivity index (χ0v) is 8.12. The Morgan fingerprint density at radius 3 is 2.79 bits per heavy atom. The highest BCUT2D eigenvalue weighted by atomic mass is 14.2. The standard InChI is InChI=1S/C13H11N/c1-2-11-4-3-5-12-7-6-10(9-14)8-13(11)12/h3-8H,2H2,1H3. The van der Waals surface area contributed by atoms with Crippen LogP contribution >= 0.6 is 0 Å². The quantitative estimate of drug-likeness (QED) is 0.662. The molecule has 0 aliphatic heterocycles. The summed E-state index contributed by atoms with van der Waals surface area (Å²) in [5.41, 5.74) is 2.04. The molecular formula is C13H11N. The molecule has 2 aromatic carbocycles. The Hall–Kier alpha value is -1.81. The fourth-order valence-corrected chi connectivity index (χ4v) is 1.72. The summed E-state index contributed by atoms with van der Waals surface area (Å²) in [5, 5.41) is 11.2. The zero-order valence-electron chi connectivity index (χ0n) is 8.12. The van der Waals surface area contributed by atoms with Crippen LogP contribution in [0.25, 0.3) is 10.8 Å². The summed E-state index contributed by atoms with van der Waals surface area (Å²) >= 11 is 0. The smallest absolute Gasteiger partial charge is 0.0991 e. The third kappa shape index (κ3) is 1.36. The Balaban J connectivity index is 2.78. The topological polar surface area (TPSA) is 23.8 Å². The second kappa shape index (κ2) is 3.51. The highest BCUT2D eigenvalue weighted by Crippen LogP contribution is 2.20. The molecule has 0 aromatic heterocycles. The van der Waals surface area contributed by atoms with Gasteiger partial charge in [0.1, 0.15) is 0 Å². The fourth-order valence-electron chi connectivity index (χ4n) is 1.72. The minimum absolute atomic E-state index is 0.735. The van der Waals surface area contributed by atoms with Gasteiger partial charge >= 0.3 is 0 Å². The number of benzene rings is 2. The first-order chi connectivity index (χ1) is 6.85. The lowest BCUT2D eigenvalue weighted by Crippen LogP contribution is -1.84. The predicted molar refractivity (Wildman–Crippen MR) is 58.0 cm³/mol. The van der Waals surface area contributed by atoms with Crippen molar-refractivity contribution in [2.75, 3.05) is 0 Å². The van der Waals surface area contributed by atoms with Gasteiger partial charge in [-0.3, -0.25) is 0 Å². The predicted octanol–water partition coefficient (Wildman–Crippen LogP) is 3.27. The van der Waals surface area contributed by atoms with Gasteiger partial charge in [-0.15, -0.1) is 0 Å². The van der Waals surface area contributed by atoms with Crippen LogP contribution in [0.3, 0.4) is 0 Å². The molecule has 0 aliphatic rings. The van der Waals surface area contributed by atoms with Crippen LogP contribution in [0.4, 0.5) is 0 Å². The summed E-state index contributed by atoms with van der Waals surface area (Å²) in [4.78, 5) is 0. The monoisotopic (exact) mass is 181 g/mol. The van der Waals surface area contributed by atoms with Gasteiger partial charge in [0.2, 0.25) is 0 Å². The molecule has 0 atom stereocenters. The van der Waals surface area contributed by atoms with Crippen LogP contribution in [0, 0.1) is 11.3 Å². The molecule has 68 valence electrons. The molecule has 0 aliphatic carbocycles. The van der Waals surface area contributed by atoms with Crippen molar-refractivity contribution in [2.45, 2.75) is 13.3 Å². The van der Waals surface area contributed by atoms with E-state index in [4.69, 9.17) is 5.26 Å². The highest BCUT2D eigenvalue weighted by Gasteiger charge is 1.99. The molecule has 1 heteroatoms. The fraction of sp³-hybridized carbons (Fsp3) is 0.154. The van der Waals surface area contributed by atoms with E-state index in [9.17, 15) is 0 Å². The van der Waals surface area contributed by atoms with Crippen molar-refractivity contribution < 1.29 is 0 Å². The average Bonchev–Trinajstić information content (AvgIpc) is 2.27. The van der Waals surface area contributed by atoms with Gasteiger partial charge in [0.05, 0.1) is 11.6 Å². The number of nitrogens with zero attached hydrogens (tertiary/aromatic N) is 1. The van der Waals surface area contributed by atoms with Crippen molar-refractivity contribution in [3.05, 3.63) is 47.5 Å². The lowest BCUT2D eigenvalue weighted by Gasteiger charge is -2.03.